The van der Waals surface area contributed by atoms with Crippen LogP contribution in [0.3, 0.4) is 0 Å². The molecule has 0 N–H and O–H groups in total. The van der Waals surface area contributed by atoms with E-state index in [1.165, 1.54) is 38.0 Å². The predicted octanol–water partition coefficient (Wildman–Crippen LogP) is 2.89. The van der Waals surface area contributed by atoms with E-state index in [9.17, 15) is 22.4 Å². The van der Waals surface area contributed by atoms with E-state index < -0.39 is 21.6 Å². The first kappa shape index (κ1) is 21.8. The SMILES string of the molecule is O=C(CCn1c(=O)oc2cc(S(=O)(=O)N3CCCC3)ccc21)N1CCCc2cccc(F)c21. The lowest BCUT2D eigenvalue weighted by molar-refractivity contribution is -0.118. The average Bonchev–Trinajstić information content (AvgIpc) is 3.45. The van der Waals surface area contributed by atoms with Crippen LogP contribution < -0.4 is 10.7 Å². The van der Waals surface area contributed by atoms with Crippen molar-refractivity contribution < 1.29 is 22.0 Å². The van der Waals surface area contributed by atoms with Gasteiger partial charge in [0.25, 0.3) is 0 Å². The average molecular weight is 474 g/mol. The van der Waals surface area contributed by atoms with Crippen LogP contribution in [0.2, 0.25) is 0 Å². The van der Waals surface area contributed by atoms with Crippen LogP contribution in [0.5, 0.6) is 0 Å². The summed E-state index contributed by atoms with van der Waals surface area (Å²) in [5, 5.41) is 0. The van der Waals surface area contributed by atoms with Gasteiger partial charge in [0, 0.05) is 38.7 Å². The highest BCUT2D eigenvalue weighted by molar-refractivity contribution is 7.89. The van der Waals surface area contributed by atoms with Crippen molar-refractivity contribution in [2.45, 2.75) is 43.5 Å². The molecule has 2 aliphatic rings. The molecule has 5 rings (SSSR count). The summed E-state index contributed by atoms with van der Waals surface area (Å²) >= 11 is 0. The first-order valence-corrected chi connectivity index (χ1v) is 12.5. The monoisotopic (exact) mass is 473 g/mol. The fourth-order valence-corrected chi connectivity index (χ4v) is 6.22. The van der Waals surface area contributed by atoms with Crippen molar-refractivity contribution in [3.8, 4) is 0 Å². The second kappa shape index (κ2) is 8.42. The van der Waals surface area contributed by atoms with Crippen LogP contribution in [-0.2, 0) is 27.8 Å². The van der Waals surface area contributed by atoms with Gasteiger partial charge >= 0.3 is 5.76 Å². The number of hydrogen-bond donors (Lipinski definition) is 0. The Labute approximate surface area is 190 Å². The maximum atomic E-state index is 14.4. The molecule has 1 saturated heterocycles. The van der Waals surface area contributed by atoms with Gasteiger partial charge in [0.15, 0.2) is 5.58 Å². The molecule has 2 aliphatic heterocycles. The summed E-state index contributed by atoms with van der Waals surface area (Å²) in [6.45, 7) is 1.43. The van der Waals surface area contributed by atoms with E-state index >= 15 is 0 Å². The molecule has 0 bridgehead atoms. The topological polar surface area (TPSA) is 92.8 Å². The quantitative estimate of drug-likeness (QED) is 0.568. The number of carbonyl (C=O) groups excluding carboxylic acids is 1. The van der Waals surface area contributed by atoms with E-state index in [0.717, 1.165) is 24.8 Å². The molecule has 3 aromatic rings. The number of fused-ring (bicyclic) bond motifs is 2. The summed E-state index contributed by atoms with van der Waals surface area (Å²) in [6.07, 6.45) is 3.09. The van der Waals surface area contributed by atoms with Gasteiger partial charge in [0.1, 0.15) is 5.82 Å². The van der Waals surface area contributed by atoms with Crippen molar-refractivity contribution in [2.24, 2.45) is 0 Å². The molecule has 0 radical (unpaired) electrons. The molecule has 0 unspecified atom stereocenters. The number of anilines is 1. The molecule has 0 spiro atoms. The number of hydrogen-bond acceptors (Lipinski definition) is 5. The van der Waals surface area contributed by atoms with Gasteiger partial charge in [-0.1, -0.05) is 12.1 Å². The van der Waals surface area contributed by atoms with Crippen LogP contribution in [0.1, 0.15) is 31.2 Å². The molecule has 33 heavy (non-hydrogen) atoms. The normalized spacial score (nSPS) is 16.9. The lowest BCUT2D eigenvalue weighted by Gasteiger charge is -2.29. The number of sulfonamides is 1. The maximum absolute atomic E-state index is 14.4. The van der Waals surface area contributed by atoms with Gasteiger partial charge in [-0.05, 0) is 49.4 Å². The number of oxazole rings is 1. The summed E-state index contributed by atoms with van der Waals surface area (Å²) < 4.78 is 48.0. The highest BCUT2D eigenvalue weighted by atomic mass is 32.2. The van der Waals surface area contributed by atoms with E-state index in [0.29, 0.717) is 37.3 Å². The second-order valence-electron chi connectivity index (χ2n) is 8.41. The number of carbonyl (C=O) groups is 1. The number of benzene rings is 2. The van der Waals surface area contributed by atoms with Gasteiger partial charge in [-0.15, -0.1) is 0 Å². The van der Waals surface area contributed by atoms with Gasteiger partial charge in [0.2, 0.25) is 15.9 Å². The number of rotatable bonds is 5. The Morgan fingerprint density at radius 1 is 1.06 bits per heavy atom. The Kier molecular flexibility index (Phi) is 5.57. The van der Waals surface area contributed by atoms with Crippen LogP contribution in [0.4, 0.5) is 10.1 Å². The molecule has 1 aromatic heterocycles. The van der Waals surface area contributed by atoms with Crippen LogP contribution in [0, 0.1) is 5.82 Å². The first-order chi connectivity index (χ1) is 15.9. The minimum Gasteiger partial charge on any atom is -0.408 e. The number of amides is 1. The third kappa shape index (κ3) is 3.87. The Morgan fingerprint density at radius 3 is 2.64 bits per heavy atom. The zero-order valence-electron chi connectivity index (χ0n) is 18.0. The van der Waals surface area contributed by atoms with E-state index in [2.05, 4.69) is 0 Å². The fraction of sp³-hybridized carbons (Fsp3) is 0.391. The molecule has 8 nitrogen and oxygen atoms in total. The van der Waals surface area contributed by atoms with Crippen LogP contribution in [0.15, 0.2) is 50.5 Å². The number of nitrogens with zero attached hydrogens (tertiary/aromatic N) is 3. The minimum absolute atomic E-state index is 0.0177. The molecular formula is C23H24FN3O5S. The summed E-state index contributed by atoms with van der Waals surface area (Å²) in [4.78, 5) is 26.9. The van der Waals surface area contributed by atoms with Crippen molar-refractivity contribution in [2.75, 3.05) is 24.5 Å². The minimum atomic E-state index is -3.64. The highest BCUT2D eigenvalue weighted by Gasteiger charge is 2.29. The Morgan fingerprint density at radius 2 is 1.85 bits per heavy atom. The molecular weight excluding hydrogens is 449 g/mol. The van der Waals surface area contributed by atoms with Crippen molar-refractivity contribution in [1.29, 1.82) is 0 Å². The maximum Gasteiger partial charge on any atom is 0.419 e. The number of aryl methyl sites for hydroxylation is 2. The van der Waals surface area contributed by atoms with E-state index in [1.54, 1.807) is 6.07 Å². The van der Waals surface area contributed by atoms with E-state index in [4.69, 9.17) is 4.42 Å². The summed E-state index contributed by atoms with van der Waals surface area (Å²) in [7, 11) is -3.64. The number of para-hydroxylation sites is 1. The van der Waals surface area contributed by atoms with Gasteiger partial charge < -0.3 is 9.32 Å². The van der Waals surface area contributed by atoms with Crippen molar-refractivity contribution in [1.82, 2.24) is 8.87 Å². The smallest absolute Gasteiger partial charge is 0.408 e. The number of halogens is 1. The van der Waals surface area contributed by atoms with E-state index in [1.807, 2.05) is 6.07 Å². The zero-order valence-corrected chi connectivity index (χ0v) is 18.8. The summed E-state index contributed by atoms with van der Waals surface area (Å²) in [6, 6.07) is 9.14. The largest absolute Gasteiger partial charge is 0.419 e. The molecule has 10 heteroatoms. The molecule has 3 heterocycles. The second-order valence-corrected chi connectivity index (χ2v) is 10.3. The molecule has 1 amide bonds. The van der Waals surface area contributed by atoms with Crippen LogP contribution >= 0.6 is 0 Å². The van der Waals surface area contributed by atoms with Crippen LogP contribution in [-0.4, -0.2) is 42.8 Å². The molecule has 1 fully saturated rings. The van der Waals surface area contributed by atoms with E-state index in [-0.39, 0.29) is 29.4 Å². The first-order valence-electron chi connectivity index (χ1n) is 11.1. The Bertz CT molecular complexity index is 1390. The molecule has 174 valence electrons. The third-order valence-corrected chi connectivity index (χ3v) is 8.26. The van der Waals surface area contributed by atoms with Crippen molar-refractivity contribution in [3.63, 3.8) is 0 Å². The lowest BCUT2D eigenvalue weighted by Crippen LogP contribution is -2.37. The van der Waals surface area contributed by atoms with Gasteiger partial charge in [-0.2, -0.15) is 4.31 Å². The fourth-order valence-electron chi connectivity index (χ4n) is 4.69. The standard InChI is InChI=1S/C23H24FN3O5S/c24-18-7-3-5-16-6-4-13-27(22(16)18)21(28)10-14-26-19-9-8-17(15-20(19)32-23(26)29)33(30,31)25-11-1-2-12-25/h3,5,7-9,15H,1-2,4,6,10-14H2. The summed E-state index contributed by atoms with van der Waals surface area (Å²) in [5.74, 6) is -1.38. The molecule has 0 aliphatic carbocycles. The molecule has 2 aromatic carbocycles. The Hall–Kier alpha value is -2.98. The number of aromatic nitrogens is 1. The molecule has 0 atom stereocenters. The van der Waals surface area contributed by atoms with Crippen molar-refractivity contribution >= 4 is 32.7 Å². The third-order valence-electron chi connectivity index (χ3n) is 6.36. The van der Waals surface area contributed by atoms with Crippen molar-refractivity contribution in [3.05, 3.63) is 58.3 Å². The predicted molar refractivity (Wildman–Crippen MR) is 120 cm³/mol. The van der Waals surface area contributed by atoms with Gasteiger partial charge in [-0.25, -0.2) is 17.6 Å². The zero-order chi connectivity index (χ0) is 23.2. The lowest BCUT2D eigenvalue weighted by atomic mass is 10.0. The molecule has 0 saturated carbocycles. The van der Waals surface area contributed by atoms with Crippen LogP contribution in [0.25, 0.3) is 11.1 Å². The summed E-state index contributed by atoms with van der Waals surface area (Å²) in [5.41, 5.74) is 1.68. The Balaban J connectivity index is 1.38. The van der Waals surface area contributed by atoms with Gasteiger partial charge in [0.05, 0.1) is 16.1 Å². The highest BCUT2D eigenvalue weighted by Crippen LogP contribution is 2.30. The van der Waals surface area contributed by atoms with Gasteiger partial charge in [-0.3, -0.25) is 9.36 Å².